The van der Waals surface area contributed by atoms with E-state index in [4.69, 9.17) is 0 Å². The molecule has 3 heteroatoms. The van der Waals surface area contributed by atoms with Gasteiger partial charge in [-0.05, 0) is 30.9 Å². The lowest BCUT2D eigenvalue weighted by molar-refractivity contribution is 0.357. The topological polar surface area (TPSA) is 12.0 Å². The minimum absolute atomic E-state index is 0.278. The zero-order valence-electron chi connectivity index (χ0n) is 9.47. The fourth-order valence-corrected chi connectivity index (χ4v) is 2.40. The maximum Gasteiger partial charge on any atom is 0.181 e. The Bertz CT molecular complexity index is 365. The first kappa shape index (κ1) is 11.4. The van der Waals surface area contributed by atoms with Crippen LogP contribution in [-0.4, -0.2) is 6.04 Å². The van der Waals surface area contributed by atoms with E-state index in [-0.39, 0.29) is 6.04 Å². The summed E-state index contributed by atoms with van der Waals surface area (Å²) in [5, 5.41) is 3.11. The standard InChI is InChI=1S/C13H17F2N/c1-9-4-2-5-10(8-9)16-12-7-3-6-11(14)13(12)15/h3,6-7,9-10,16H,2,4-5,8H2,1H3. The summed E-state index contributed by atoms with van der Waals surface area (Å²) in [6.07, 6.45) is 4.48. The third-order valence-electron chi connectivity index (χ3n) is 3.25. The molecular formula is C13H17F2N. The van der Waals surface area contributed by atoms with Gasteiger partial charge in [-0.1, -0.05) is 25.8 Å². The fraction of sp³-hybridized carbons (Fsp3) is 0.538. The van der Waals surface area contributed by atoms with Gasteiger partial charge >= 0.3 is 0 Å². The van der Waals surface area contributed by atoms with E-state index in [2.05, 4.69) is 12.2 Å². The van der Waals surface area contributed by atoms with E-state index < -0.39 is 11.6 Å². The van der Waals surface area contributed by atoms with Crippen molar-refractivity contribution in [3.63, 3.8) is 0 Å². The summed E-state index contributed by atoms with van der Waals surface area (Å²) in [4.78, 5) is 0. The first-order chi connectivity index (χ1) is 7.66. The summed E-state index contributed by atoms with van der Waals surface area (Å²) in [5.41, 5.74) is 0.291. The van der Waals surface area contributed by atoms with Crippen LogP contribution in [0.25, 0.3) is 0 Å². The Kier molecular flexibility index (Phi) is 3.42. The molecule has 0 aromatic heterocycles. The van der Waals surface area contributed by atoms with E-state index >= 15 is 0 Å². The first-order valence-electron chi connectivity index (χ1n) is 5.87. The van der Waals surface area contributed by atoms with Crippen molar-refractivity contribution >= 4 is 5.69 Å². The Morgan fingerprint density at radius 3 is 2.81 bits per heavy atom. The zero-order valence-corrected chi connectivity index (χ0v) is 9.47. The summed E-state index contributed by atoms with van der Waals surface area (Å²) >= 11 is 0. The lowest BCUT2D eigenvalue weighted by atomic mass is 9.87. The second kappa shape index (κ2) is 4.81. The van der Waals surface area contributed by atoms with Gasteiger partial charge in [-0.3, -0.25) is 0 Å². The average Bonchev–Trinajstić information content (AvgIpc) is 2.25. The van der Waals surface area contributed by atoms with Crippen LogP contribution in [0.2, 0.25) is 0 Å². The molecule has 0 bridgehead atoms. The Hall–Kier alpha value is -1.12. The number of rotatable bonds is 2. The van der Waals surface area contributed by atoms with E-state index in [1.54, 1.807) is 6.07 Å². The molecule has 1 saturated carbocycles. The summed E-state index contributed by atoms with van der Waals surface area (Å²) in [7, 11) is 0. The van der Waals surface area contributed by atoms with Crippen molar-refractivity contribution in [2.24, 2.45) is 5.92 Å². The molecule has 88 valence electrons. The van der Waals surface area contributed by atoms with E-state index in [0.29, 0.717) is 11.6 Å². The van der Waals surface area contributed by atoms with Crippen molar-refractivity contribution < 1.29 is 8.78 Å². The molecule has 2 atom stereocenters. The molecule has 0 heterocycles. The largest absolute Gasteiger partial charge is 0.380 e. The molecule has 1 fully saturated rings. The molecule has 1 aromatic carbocycles. The maximum atomic E-state index is 13.4. The molecule has 0 saturated heterocycles. The van der Waals surface area contributed by atoms with Crippen molar-refractivity contribution in [2.75, 3.05) is 5.32 Å². The van der Waals surface area contributed by atoms with Crippen LogP contribution in [-0.2, 0) is 0 Å². The van der Waals surface area contributed by atoms with Crippen molar-refractivity contribution in [3.05, 3.63) is 29.8 Å². The van der Waals surface area contributed by atoms with Gasteiger partial charge in [0.15, 0.2) is 11.6 Å². The Morgan fingerprint density at radius 1 is 1.25 bits per heavy atom. The predicted octanol–water partition coefficient (Wildman–Crippen LogP) is 3.96. The lowest BCUT2D eigenvalue weighted by Crippen LogP contribution is -2.26. The van der Waals surface area contributed by atoms with Crippen LogP contribution in [0, 0.1) is 17.6 Å². The molecule has 1 N–H and O–H groups in total. The third kappa shape index (κ3) is 2.52. The minimum atomic E-state index is -0.783. The monoisotopic (exact) mass is 225 g/mol. The first-order valence-corrected chi connectivity index (χ1v) is 5.87. The van der Waals surface area contributed by atoms with Gasteiger partial charge in [0, 0.05) is 6.04 Å². The van der Waals surface area contributed by atoms with Gasteiger partial charge in [-0.2, -0.15) is 0 Å². The Morgan fingerprint density at radius 2 is 2.06 bits per heavy atom. The normalized spacial score (nSPS) is 25.4. The van der Waals surface area contributed by atoms with E-state index in [9.17, 15) is 8.78 Å². The summed E-state index contributed by atoms with van der Waals surface area (Å²) in [6, 6.07) is 4.55. The van der Waals surface area contributed by atoms with Gasteiger partial charge in [-0.25, -0.2) is 8.78 Å². The van der Waals surface area contributed by atoms with Crippen molar-refractivity contribution in [1.82, 2.24) is 0 Å². The van der Waals surface area contributed by atoms with Gasteiger partial charge in [0.25, 0.3) is 0 Å². The summed E-state index contributed by atoms with van der Waals surface area (Å²) in [5.74, 6) is -0.877. The molecule has 2 unspecified atom stereocenters. The second-order valence-electron chi connectivity index (χ2n) is 4.71. The van der Waals surface area contributed by atoms with Gasteiger partial charge in [0.1, 0.15) is 0 Å². The highest BCUT2D eigenvalue weighted by atomic mass is 19.2. The van der Waals surface area contributed by atoms with Crippen LogP contribution in [0.3, 0.4) is 0 Å². The van der Waals surface area contributed by atoms with Gasteiger partial charge in [0.05, 0.1) is 5.69 Å². The number of hydrogen-bond acceptors (Lipinski definition) is 1. The Balaban J connectivity index is 2.05. The molecule has 0 aliphatic heterocycles. The number of halogens is 2. The van der Waals surface area contributed by atoms with Crippen molar-refractivity contribution in [1.29, 1.82) is 0 Å². The van der Waals surface area contributed by atoms with Crippen LogP contribution in [0.4, 0.5) is 14.5 Å². The molecule has 0 spiro atoms. The molecule has 16 heavy (non-hydrogen) atoms. The van der Waals surface area contributed by atoms with Crippen LogP contribution in [0.1, 0.15) is 32.6 Å². The fourth-order valence-electron chi connectivity index (χ4n) is 2.40. The molecule has 1 nitrogen and oxygen atoms in total. The second-order valence-corrected chi connectivity index (χ2v) is 4.71. The van der Waals surface area contributed by atoms with Crippen molar-refractivity contribution in [3.8, 4) is 0 Å². The Labute approximate surface area is 94.9 Å². The molecule has 1 aliphatic rings. The molecule has 1 aromatic rings. The third-order valence-corrected chi connectivity index (χ3v) is 3.25. The van der Waals surface area contributed by atoms with Crippen LogP contribution in [0.5, 0.6) is 0 Å². The van der Waals surface area contributed by atoms with Crippen molar-refractivity contribution in [2.45, 2.75) is 38.6 Å². The van der Waals surface area contributed by atoms with Gasteiger partial charge in [-0.15, -0.1) is 0 Å². The number of benzene rings is 1. The SMILES string of the molecule is CC1CCCC(Nc2cccc(F)c2F)C1. The smallest absolute Gasteiger partial charge is 0.181 e. The van der Waals surface area contributed by atoms with Gasteiger partial charge < -0.3 is 5.32 Å². The molecular weight excluding hydrogens is 208 g/mol. The number of anilines is 1. The predicted molar refractivity (Wildman–Crippen MR) is 61.4 cm³/mol. The maximum absolute atomic E-state index is 13.4. The quantitative estimate of drug-likeness (QED) is 0.803. The van der Waals surface area contributed by atoms with E-state index in [1.807, 2.05) is 0 Å². The summed E-state index contributed by atoms with van der Waals surface area (Å²) in [6.45, 7) is 2.20. The molecule has 2 rings (SSSR count). The number of hydrogen-bond donors (Lipinski definition) is 1. The average molecular weight is 225 g/mol. The number of nitrogens with one attached hydrogen (secondary N) is 1. The molecule has 1 aliphatic carbocycles. The molecule has 0 amide bonds. The zero-order chi connectivity index (χ0) is 11.5. The van der Waals surface area contributed by atoms with Gasteiger partial charge in [0.2, 0.25) is 0 Å². The van der Waals surface area contributed by atoms with E-state index in [1.165, 1.54) is 12.5 Å². The molecule has 0 radical (unpaired) electrons. The van der Waals surface area contributed by atoms with E-state index in [0.717, 1.165) is 25.3 Å². The minimum Gasteiger partial charge on any atom is -0.380 e. The van der Waals surface area contributed by atoms with Crippen LogP contribution in [0.15, 0.2) is 18.2 Å². The highest BCUT2D eigenvalue weighted by Gasteiger charge is 2.20. The van der Waals surface area contributed by atoms with Crippen LogP contribution < -0.4 is 5.32 Å². The summed E-state index contributed by atoms with van der Waals surface area (Å²) < 4.78 is 26.4. The highest BCUT2D eigenvalue weighted by molar-refractivity contribution is 5.45. The van der Waals surface area contributed by atoms with Crippen LogP contribution >= 0.6 is 0 Å². The highest BCUT2D eigenvalue weighted by Crippen LogP contribution is 2.27. The lowest BCUT2D eigenvalue weighted by Gasteiger charge is -2.28.